The van der Waals surface area contributed by atoms with Crippen molar-refractivity contribution in [3.8, 4) is 0 Å². The lowest BCUT2D eigenvalue weighted by molar-refractivity contribution is 0.224. The molecule has 0 aliphatic carbocycles. The molecule has 0 saturated heterocycles. The van der Waals surface area contributed by atoms with Gasteiger partial charge in [0.25, 0.3) is 0 Å². The molecule has 0 radical (unpaired) electrons. The van der Waals surface area contributed by atoms with Gasteiger partial charge in [-0.25, -0.2) is 0 Å². The predicted molar refractivity (Wildman–Crippen MR) is 62.4 cm³/mol. The molecule has 0 aliphatic heterocycles. The molecular weight excluding hydrogens is 236 g/mol. The quantitative estimate of drug-likeness (QED) is 0.851. The van der Waals surface area contributed by atoms with E-state index in [2.05, 4.69) is 0 Å². The lowest BCUT2D eigenvalue weighted by atomic mass is 10.1. The highest BCUT2D eigenvalue weighted by Crippen LogP contribution is 2.31. The number of aliphatic hydroxyl groups is 1. The number of rotatable bonds is 2. The second-order valence-corrected chi connectivity index (χ2v) is 5.56. The molecule has 1 nitrogen and oxygen atoms in total. The summed E-state index contributed by atoms with van der Waals surface area (Å²) < 4.78 is 0. The molecule has 74 valence electrons. The Morgan fingerprint density at radius 3 is 2.57 bits per heavy atom. The summed E-state index contributed by atoms with van der Waals surface area (Å²) in [6, 6.07) is 3.81. The number of thiophene rings is 2. The fraction of sp³-hybridized carbons (Fsp3) is 0.200. The van der Waals surface area contributed by atoms with E-state index in [-0.39, 0.29) is 0 Å². The summed E-state index contributed by atoms with van der Waals surface area (Å²) in [6.07, 6.45) is -0.530. The monoisotopic (exact) mass is 244 g/mol. The van der Waals surface area contributed by atoms with E-state index in [1.54, 1.807) is 11.3 Å². The molecule has 0 bridgehead atoms. The normalized spacial score (nSPS) is 13.1. The third-order valence-corrected chi connectivity index (χ3v) is 4.14. The fourth-order valence-electron chi connectivity index (χ4n) is 1.24. The minimum atomic E-state index is -0.530. The maximum Gasteiger partial charge on any atom is 0.114 e. The zero-order valence-corrected chi connectivity index (χ0v) is 9.92. The number of aryl methyl sites for hydroxylation is 1. The van der Waals surface area contributed by atoms with Gasteiger partial charge in [-0.3, -0.25) is 0 Å². The van der Waals surface area contributed by atoms with E-state index in [0.717, 1.165) is 10.4 Å². The molecule has 0 fully saturated rings. The second-order valence-electron chi connectivity index (χ2n) is 3.06. The molecule has 2 aromatic rings. The number of hydrogen-bond donors (Lipinski definition) is 1. The van der Waals surface area contributed by atoms with E-state index in [1.807, 2.05) is 29.8 Å². The van der Waals surface area contributed by atoms with Crippen molar-refractivity contribution in [2.45, 2.75) is 13.0 Å². The van der Waals surface area contributed by atoms with Crippen molar-refractivity contribution in [2.24, 2.45) is 0 Å². The Hall–Kier alpha value is -0.350. The van der Waals surface area contributed by atoms with E-state index in [0.29, 0.717) is 5.02 Å². The molecular formula is C10H9ClOS2. The van der Waals surface area contributed by atoms with Crippen LogP contribution < -0.4 is 0 Å². The largest absolute Gasteiger partial charge is 0.383 e. The first-order chi connectivity index (χ1) is 6.66. The van der Waals surface area contributed by atoms with Crippen LogP contribution in [0.25, 0.3) is 0 Å². The maximum absolute atomic E-state index is 9.98. The first kappa shape index (κ1) is 10.2. The highest BCUT2D eigenvalue weighted by Gasteiger charge is 2.13. The second kappa shape index (κ2) is 4.03. The maximum atomic E-state index is 9.98. The first-order valence-electron chi connectivity index (χ1n) is 4.14. The van der Waals surface area contributed by atoms with E-state index in [9.17, 15) is 5.11 Å². The topological polar surface area (TPSA) is 20.2 Å². The van der Waals surface area contributed by atoms with Gasteiger partial charge in [0, 0.05) is 15.1 Å². The fourth-order valence-corrected chi connectivity index (χ4v) is 3.06. The van der Waals surface area contributed by atoms with Crippen LogP contribution in [0, 0.1) is 6.92 Å². The molecule has 14 heavy (non-hydrogen) atoms. The van der Waals surface area contributed by atoms with Gasteiger partial charge in [0.15, 0.2) is 0 Å². The third-order valence-electron chi connectivity index (χ3n) is 1.92. The van der Waals surface area contributed by atoms with Crippen molar-refractivity contribution in [1.29, 1.82) is 0 Å². The van der Waals surface area contributed by atoms with Crippen LogP contribution in [0.2, 0.25) is 5.02 Å². The van der Waals surface area contributed by atoms with E-state index in [1.165, 1.54) is 16.2 Å². The SMILES string of the molecule is Cc1cc(C(O)c2cc(Cl)cs2)cs1. The summed E-state index contributed by atoms with van der Waals surface area (Å²) in [4.78, 5) is 2.11. The van der Waals surface area contributed by atoms with Gasteiger partial charge in [-0.15, -0.1) is 22.7 Å². The number of halogens is 1. The summed E-state index contributed by atoms with van der Waals surface area (Å²) in [6.45, 7) is 2.03. The molecule has 2 aromatic heterocycles. The van der Waals surface area contributed by atoms with Crippen LogP contribution in [0.3, 0.4) is 0 Å². The molecule has 1 unspecified atom stereocenters. The van der Waals surface area contributed by atoms with Gasteiger partial charge >= 0.3 is 0 Å². The van der Waals surface area contributed by atoms with Gasteiger partial charge in [-0.05, 0) is 30.0 Å². The Balaban J connectivity index is 2.28. The Bertz CT molecular complexity index is 393. The Labute approximate surface area is 95.6 Å². The highest BCUT2D eigenvalue weighted by molar-refractivity contribution is 7.11. The van der Waals surface area contributed by atoms with E-state index >= 15 is 0 Å². The summed E-state index contributed by atoms with van der Waals surface area (Å²) in [5.41, 5.74) is 0.950. The molecule has 2 rings (SSSR count). The van der Waals surface area contributed by atoms with E-state index in [4.69, 9.17) is 11.6 Å². The third kappa shape index (κ3) is 2.01. The molecule has 0 aromatic carbocycles. The minimum absolute atomic E-state index is 0.530. The van der Waals surface area contributed by atoms with Crippen molar-refractivity contribution >= 4 is 34.3 Å². The lowest BCUT2D eigenvalue weighted by Crippen LogP contribution is -1.93. The first-order valence-corrected chi connectivity index (χ1v) is 6.27. The van der Waals surface area contributed by atoms with Crippen molar-refractivity contribution in [1.82, 2.24) is 0 Å². The van der Waals surface area contributed by atoms with Gasteiger partial charge in [-0.2, -0.15) is 0 Å². The van der Waals surface area contributed by atoms with E-state index < -0.39 is 6.10 Å². The highest BCUT2D eigenvalue weighted by atomic mass is 35.5. The van der Waals surface area contributed by atoms with Crippen LogP contribution in [0.4, 0.5) is 0 Å². The van der Waals surface area contributed by atoms with Crippen LogP contribution in [-0.2, 0) is 0 Å². The molecule has 2 heterocycles. The minimum Gasteiger partial charge on any atom is -0.383 e. The number of aliphatic hydroxyl groups excluding tert-OH is 1. The smallest absolute Gasteiger partial charge is 0.114 e. The molecule has 4 heteroatoms. The predicted octanol–water partition coefficient (Wildman–Crippen LogP) is 3.85. The lowest BCUT2D eigenvalue weighted by Gasteiger charge is -2.04. The van der Waals surface area contributed by atoms with Gasteiger partial charge in [-0.1, -0.05) is 11.6 Å². The van der Waals surface area contributed by atoms with Crippen molar-refractivity contribution < 1.29 is 5.11 Å². The van der Waals surface area contributed by atoms with Crippen LogP contribution in [0.15, 0.2) is 22.9 Å². The van der Waals surface area contributed by atoms with Crippen LogP contribution in [0.1, 0.15) is 21.4 Å². The van der Waals surface area contributed by atoms with Crippen LogP contribution in [0.5, 0.6) is 0 Å². The molecule has 0 amide bonds. The summed E-state index contributed by atoms with van der Waals surface area (Å²) in [7, 11) is 0. The van der Waals surface area contributed by atoms with Crippen LogP contribution in [-0.4, -0.2) is 5.11 Å². The van der Waals surface area contributed by atoms with Gasteiger partial charge in [0.1, 0.15) is 6.10 Å². The molecule has 0 saturated carbocycles. The molecule has 1 atom stereocenters. The Morgan fingerprint density at radius 1 is 1.29 bits per heavy atom. The Kier molecular flexibility index (Phi) is 2.93. The summed E-state index contributed by atoms with van der Waals surface area (Å²) >= 11 is 8.93. The molecule has 0 aliphatic rings. The average molecular weight is 245 g/mol. The summed E-state index contributed by atoms with van der Waals surface area (Å²) in [5, 5.41) is 14.5. The Morgan fingerprint density at radius 2 is 2.07 bits per heavy atom. The zero-order chi connectivity index (χ0) is 10.1. The summed E-state index contributed by atoms with van der Waals surface area (Å²) in [5.74, 6) is 0. The van der Waals surface area contributed by atoms with Crippen molar-refractivity contribution in [2.75, 3.05) is 0 Å². The molecule has 0 spiro atoms. The van der Waals surface area contributed by atoms with Crippen molar-refractivity contribution in [3.05, 3.63) is 43.2 Å². The standard InChI is InChI=1S/C10H9ClOS2/c1-6-2-7(4-13-6)10(12)9-3-8(11)5-14-9/h2-5,10,12H,1H3. The van der Waals surface area contributed by atoms with Gasteiger partial charge < -0.3 is 5.11 Å². The average Bonchev–Trinajstić information content (AvgIpc) is 2.73. The number of hydrogen-bond acceptors (Lipinski definition) is 3. The van der Waals surface area contributed by atoms with Crippen LogP contribution >= 0.6 is 34.3 Å². The van der Waals surface area contributed by atoms with Gasteiger partial charge in [0.2, 0.25) is 0 Å². The molecule has 1 N–H and O–H groups in total. The van der Waals surface area contributed by atoms with Gasteiger partial charge in [0.05, 0.1) is 5.02 Å². The zero-order valence-electron chi connectivity index (χ0n) is 7.53. The van der Waals surface area contributed by atoms with Crippen molar-refractivity contribution in [3.63, 3.8) is 0 Å².